The second-order valence-electron chi connectivity index (χ2n) is 4.85. The zero-order chi connectivity index (χ0) is 14.0. The maximum atomic E-state index is 5.39. The lowest BCUT2D eigenvalue weighted by Gasteiger charge is -2.10. The molecule has 0 aliphatic carbocycles. The van der Waals surface area contributed by atoms with Gasteiger partial charge in [-0.1, -0.05) is 6.07 Å². The lowest BCUT2D eigenvalue weighted by molar-refractivity contribution is 0.370. The van der Waals surface area contributed by atoms with Crippen LogP contribution >= 0.6 is 0 Å². The molecule has 0 unspecified atom stereocenters. The van der Waals surface area contributed by atoms with Crippen molar-refractivity contribution >= 4 is 5.69 Å². The lowest BCUT2D eigenvalue weighted by Crippen LogP contribution is -2.03. The lowest BCUT2D eigenvalue weighted by atomic mass is 10.1. The van der Waals surface area contributed by atoms with E-state index in [1.165, 1.54) is 11.1 Å². The highest BCUT2D eigenvalue weighted by Crippen LogP contribution is 2.22. The molecule has 0 aliphatic rings. The molecule has 1 aromatic carbocycles. The molecule has 4 heteroatoms. The normalized spacial score (nSPS) is 10.6. The molecule has 0 fully saturated rings. The molecule has 4 nitrogen and oxygen atoms in total. The Kier molecular flexibility index (Phi) is 3.79. The van der Waals surface area contributed by atoms with Gasteiger partial charge in [0.15, 0.2) is 0 Å². The summed E-state index contributed by atoms with van der Waals surface area (Å²) >= 11 is 0. The number of hydrogen-bond donors (Lipinski definition) is 1. The van der Waals surface area contributed by atoms with Gasteiger partial charge >= 0.3 is 0 Å². The predicted molar refractivity (Wildman–Crippen MR) is 77.7 cm³/mol. The summed E-state index contributed by atoms with van der Waals surface area (Å²) in [5.41, 5.74) is 5.81. The second kappa shape index (κ2) is 5.34. The molecule has 0 radical (unpaired) electrons. The maximum absolute atomic E-state index is 5.39. The molecule has 0 bridgehead atoms. The molecule has 2 rings (SSSR count). The molecule has 2 aromatic rings. The van der Waals surface area contributed by atoms with Gasteiger partial charge in [0.2, 0.25) is 5.88 Å². The third kappa shape index (κ3) is 2.72. The molecule has 0 atom stereocenters. The van der Waals surface area contributed by atoms with Crippen LogP contribution in [0.2, 0.25) is 0 Å². The smallest absolute Gasteiger partial charge is 0.216 e. The third-order valence-electron chi connectivity index (χ3n) is 3.46. The minimum absolute atomic E-state index is 0.714. The molecule has 0 amide bonds. The minimum atomic E-state index is 0.714. The van der Waals surface area contributed by atoms with Crippen LogP contribution in [0.4, 0.5) is 5.69 Å². The summed E-state index contributed by atoms with van der Waals surface area (Å²) in [6.07, 6.45) is 0. The monoisotopic (exact) mass is 259 g/mol. The number of nitrogens with one attached hydrogen (secondary N) is 1. The van der Waals surface area contributed by atoms with Gasteiger partial charge in [-0.05, 0) is 44.0 Å². The van der Waals surface area contributed by atoms with Crippen molar-refractivity contribution in [2.75, 3.05) is 12.4 Å². The standard InChI is InChI=1S/C15H21N3O/c1-10-6-7-13(8-11(10)2)16-9-14-12(3)17-18(4)15(14)19-5/h6-8,16H,9H2,1-5H3. The van der Waals surface area contributed by atoms with E-state index in [9.17, 15) is 0 Å². The molecular weight excluding hydrogens is 238 g/mol. The predicted octanol–water partition coefficient (Wildman–Crippen LogP) is 2.97. The Labute approximate surface area is 114 Å². The van der Waals surface area contributed by atoms with E-state index in [-0.39, 0.29) is 0 Å². The Hall–Kier alpha value is -1.97. The average Bonchev–Trinajstić information content (AvgIpc) is 2.64. The van der Waals surface area contributed by atoms with Crippen LogP contribution in [0.15, 0.2) is 18.2 Å². The van der Waals surface area contributed by atoms with Crippen LogP contribution in [0.25, 0.3) is 0 Å². The fourth-order valence-corrected chi connectivity index (χ4v) is 2.18. The number of benzene rings is 1. The van der Waals surface area contributed by atoms with Crippen LogP contribution in [0.1, 0.15) is 22.4 Å². The van der Waals surface area contributed by atoms with Gasteiger partial charge in [0.25, 0.3) is 0 Å². The summed E-state index contributed by atoms with van der Waals surface area (Å²) in [6, 6.07) is 6.39. The summed E-state index contributed by atoms with van der Waals surface area (Å²) in [4.78, 5) is 0. The van der Waals surface area contributed by atoms with Crippen LogP contribution in [0.5, 0.6) is 5.88 Å². The van der Waals surface area contributed by atoms with E-state index in [0.29, 0.717) is 6.54 Å². The van der Waals surface area contributed by atoms with E-state index in [4.69, 9.17) is 4.74 Å². The molecule has 1 heterocycles. The number of anilines is 1. The minimum Gasteiger partial charge on any atom is -0.481 e. The van der Waals surface area contributed by atoms with E-state index in [1.807, 2.05) is 14.0 Å². The summed E-state index contributed by atoms with van der Waals surface area (Å²) in [6.45, 7) is 6.95. The van der Waals surface area contributed by atoms with E-state index in [2.05, 4.69) is 42.5 Å². The van der Waals surface area contributed by atoms with Gasteiger partial charge in [0.05, 0.1) is 18.4 Å². The van der Waals surface area contributed by atoms with Gasteiger partial charge in [0.1, 0.15) is 0 Å². The van der Waals surface area contributed by atoms with Gasteiger partial charge < -0.3 is 10.1 Å². The number of methoxy groups -OCH3 is 1. The van der Waals surface area contributed by atoms with Crippen molar-refractivity contribution in [3.05, 3.63) is 40.6 Å². The Morgan fingerprint density at radius 3 is 2.58 bits per heavy atom. The van der Waals surface area contributed by atoms with Crippen molar-refractivity contribution in [3.8, 4) is 5.88 Å². The first-order valence-corrected chi connectivity index (χ1v) is 6.40. The highest BCUT2D eigenvalue weighted by atomic mass is 16.5. The zero-order valence-electron chi connectivity index (χ0n) is 12.2. The number of rotatable bonds is 4. The van der Waals surface area contributed by atoms with Crippen molar-refractivity contribution in [2.24, 2.45) is 7.05 Å². The molecule has 0 spiro atoms. The number of aryl methyl sites for hydroxylation is 4. The van der Waals surface area contributed by atoms with Crippen molar-refractivity contribution in [1.82, 2.24) is 9.78 Å². The molecule has 1 aromatic heterocycles. The maximum Gasteiger partial charge on any atom is 0.216 e. The number of aromatic nitrogens is 2. The first-order chi connectivity index (χ1) is 9.02. The van der Waals surface area contributed by atoms with Gasteiger partial charge in [-0.15, -0.1) is 0 Å². The van der Waals surface area contributed by atoms with Crippen molar-refractivity contribution in [3.63, 3.8) is 0 Å². The zero-order valence-corrected chi connectivity index (χ0v) is 12.2. The highest BCUT2D eigenvalue weighted by molar-refractivity contribution is 5.49. The SMILES string of the molecule is COc1c(CNc2ccc(C)c(C)c2)c(C)nn1C. The quantitative estimate of drug-likeness (QED) is 0.917. The van der Waals surface area contributed by atoms with E-state index < -0.39 is 0 Å². The second-order valence-corrected chi connectivity index (χ2v) is 4.85. The molecule has 19 heavy (non-hydrogen) atoms. The van der Waals surface area contributed by atoms with Crippen molar-refractivity contribution < 1.29 is 4.74 Å². The first kappa shape index (κ1) is 13.5. The summed E-state index contributed by atoms with van der Waals surface area (Å²) < 4.78 is 7.16. The van der Waals surface area contributed by atoms with Crippen LogP contribution in [0, 0.1) is 20.8 Å². The van der Waals surface area contributed by atoms with E-state index >= 15 is 0 Å². The topological polar surface area (TPSA) is 39.1 Å². The Morgan fingerprint density at radius 1 is 1.21 bits per heavy atom. The Morgan fingerprint density at radius 2 is 1.95 bits per heavy atom. The highest BCUT2D eigenvalue weighted by Gasteiger charge is 2.13. The number of nitrogens with zero attached hydrogens (tertiary/aromatic N) is 2. The van der Waals surface area contributed by atoms with Crippen molar-refractivity contribution in [1.29, 1.82) is 0 Å². The fraction of sp³-hybridized carbons (Fsp3) is 0.400. The molecule has 0 saturated heterocycles. The van der Waals surface area contributed by atoms with Gasteiger partial charge in [-0.3, -0.25) is 0 Å². The van der Waals surface area contributed by atoms with Crippen LogP contribution in [-0.2, 0) is 13.6 Å². The van der Waals surface area contributed by atoms with Crippen LogP contribution < -0.4 is 10.1 Å². The molecular formula is C15H21N3O. The van der Waals surface area contributed by atoms with Gasteiger partial charge in [0, 0.05) is 19.3 Å². The van der Waals surface area contributed by atoms with E-state index in [0.717, 1.165) is 22.8 Å². The molecule has 1 N–H and O–H groups in total. The van der Waals surface area contributed by atoms with Crippen LogP contribution in [-0.4, -0.2) is 16.9 Å². The number of ether oxygens (including phenoxy) is 1. The molecule has 0 aliphatic heterocycles. The number of hydrogen-bond acceptors (Lipinski definition) is 3. The third-order valence-corrected chi connectivity index (χ3v) is 3.46. The first-order valence-electron chi connectivity index (χ1n) is 6.40. The van der Waals surface area contributed by atoms with Crippen molar-refractivity contribution in [2.45, 2.75) is 27.3 Å². The van der Waals surface area contributed by atoms with Crippen LogP contribution in [0.3, 0.4) is 0 Å². The summed E-state index contributed by atoms with van der Waals surface area (Å²) in [5, 5.41) is 7.80. The largest absolute Gasteiger partial charge is 0.481 e. The summed E-state index contributed by atoms with van der Waals surface area (Å²) in [5.74, 6) is 0.814. The van der Waals surface area contributed by atoms with Gasteiger partial charge in [-0.25, -0.2) is 4.68 Å². The summed E-state index contributed by atoms with van der Waals surface area (Å²) in [7, 11) is 3.57. The Bertz CT molecular complexity index is 587. The Balaban J connectivity index is 2.16. The molecule has 102 valence electrons. The fourth-order valence-electron chi connectivity index (χ4n) is 2.18. The van der Waals surface area contributed by atoms with E-state index in [1.54, 1.807) is 11.8 Å². The average molecular weight is 259 g/mol. The molecule has 0 saturated carbocycles. The van der Waals surface area contributed by atoms with Gasteiger partial charge in [-0.2, -0.15) is 5.10 Å².